The number of carbonyl (C=O) groups excluding carboxylic acids is 1. The molecule has 1 N–H and O–H groups in total. The topological polar surface area (TPSA) is 64.7 Å². The summed E-state index contributed by atoms with van der Waals surface area (Å²) in [5.74, 6) is -0.0702. The molecule has 0 saturated heterocycles. The number of hydrogen-bond donors (Lipinski definition) is 1. The van der Waals surface area contributed by atoms with E-state index in [1.165, 1.54) is 29.9 Å². The molecule has 0 spiro atoms. The SMILES string of the molecule is Cc1nc(-n2cccc2)sc1C(=O)NCc1cnn2c1CCCC2. The van der Waals surface area contributed by atoms with Crippen LogP contribution >= 0.6 is 11.3 Å². The van der Waals surface area contributed by atoms with E-state index in [4.69, 9.17) is 0 Å². The number of nitrogens with one attached hydrogen (secondary N) is 1. The van der Waals surface area contributed by atoms with Crippen LogP contribution in [0, 0.1) is 6.92 Å². The minimum absolute atomic E-state index is 0.0702. The minimum atomic E-state index is -0.0702. The van der Waals surface area contributed by atoms with Crippen LogP contribution in [0.4, 0.5) is 0 Å². The summed E-state index contributed by atoms with van der Waals surface area (Å²) in [5.41, 5.74) is 3.14. The third kappa shape index (κ3) is 2.75. The molecule has 0 fully saturated rings. The molecule has 0 saturated carbocycles. The zero-order valence-electron chi connectivity index (χ0n) is 13.5. The second kappa shape index (κ2) is 6.24. The highest BCUT2D eigenvalue weighted by molar-refractivity contribution is 7.16. The Bertz CT molecular complexity index is 862. The van der Waals surface area contributed by atoms with Crippen LogP contribution < -0.4 is 5.32 Å². The lowest BCUT2D eigenvalue weighted by atomic mass is 10.1. The Hall–Kier alpha value is -2.41. The van der Waals surface area contributed by atoms with Crippen LogP contribution in [0.15, 0.2) is 30.7 Å². The Morgan fingerprint density at radius 2 is 2.17 bits per heavy atom. The molecule has 3 aromatic rings. The largest absolute Gasteiger partial charge is 0.347 e. The van der Waals surface area contributed by atoms with E-state index in [2.05, 4.69) is 20.1 Å². The normalized spacial score (nSPS) is 13.7. The Morgan fingerprint density at radius 1 is 1.33 bits per heavy atom. The van der Waals surface area contributed by atoms with E-state index in [1.807, 2.05) is 42.2 Å². The number of thiazole rings is 1. The lowest BCUT2D eigenvalue weighted by molar-refractivity contribution is 0.0954. The standard InChI is InChI=1S/C17H19N5OS/c1-12-15(24-17(20-12)21-7-4-5-8-21)16(23)18-10-13-11-19-22-9-3-2-6-14(13)22/h4-5,7-8,11H,2-3,6,9-10H2,1H3,(H,18,23). The van der Waals surface area contributed by atoms with Gasteiger partial charge in [-0.05, 0) is 38.3 Å². The second-order valence-electron chi connectivity index (χ2n) is 5.98. The molecule has 124 valence electrons. The molecule has 0 bridgehead atoms. The maximum absolute atomic E-state index is 12.5. The second-order valence-corrected chi connectivity index (χ2v) is 6.96. The predicted molar refractivity (Wildman–Crippen MR) is 92.5 cm³/mol. The number of carbonyl (C=O) groups is 1. The van der Waals surface area contributed by atoms with Crippen molar-refractivity contribution in [2.24, 2.45) is 0 Å². The van der Waals surface area contributed by atoms with Gasteiger partial charge in [-0.2, -0.15) is 5.10 Å². The molecule has 6 nitrogen and oxygen atoms in total. The molecule has 0 aromatic carbocycles. The van der Waals surface area contributed by atoms with Crippen molar-refractivity contribution in [1.82, 2.24) is 24.6 Å². The monoisotopic (exact) mass is 341 g/mol. The van der Waals surface area contributed by atoms with Gasteiger partial charge in [0.1, 0.15) is 4.88 Å². The maximum Gasteiger partial charge on any atom is 0.263 e. The van der Waals surface area contributed by atoms with Crippen LogP contribution in [0.25, 0.3) is 5.13 Å². The van der Waals surface area contributed by atoms with Gasteiger partial charge in [0.25, 0.3) is 5.91 Å². The van der Waals surface area contributed by atoms with E-state index in [1.54, 1.807) is 0 Å². The van der Waals surface area contributed by atoms with E-state index in [9.17, 15) is 4.79 Å². The van der Waals surface area contributed by atoms with Crippen LogP contribution in [0.2, 0.25) is 0 Å². The van der Waals surface area contributed by atoms with Crippen molar-refractivity contribution in [2.45, 2.75) is 39.3 Å². The van der Waals surface area contributed by atoms with E-state index >= 15 is 0 Å². The zero-order chi connectivity index (χ0) is 16.5. The molecule has 1 aliphatic heterocycles. The van der Waals surface area contributed by atoms with E-state index < -0.39 is 0 Å². The lowest BCUT2D eigenvalue weighted by Crippen LogP contribution is -2.23. The number of fused-ring (bicyclic) bond motifs is 1. The predicted octanol–water partition coefficient (Wildman–Crippen LogP) is 2.71. The van der Waals surface area contributed by atoms with Gasteiger partial charge < -0.3 is 9.88 Å². The lowest BCUT2D eigenvalue weighted by Gasteiger charge is -2.14. The Kier molecular flexibility index (Phi) is 3.93. The van der Waals surface area contributed by atoms with Gasteiger partial charge in [-0.3, -0.25) is 9.48 Å². The molecule has 1 aliphatic rings. The van der Waals surface area contributed by atoms with Crippen molar-refractivity contribution >= 4 is 17.2 Å². The number of hydrogen-bond acceptors (Lipinski definition) is 4. The van der Waals surface area contributed by atoms with E-state index in [0.717, 1.165) is 29.4 Å². The zero-order valence-corrected chi connectivity index (χ0v) is 14.3. The van der Waals surface area contributed by atoms with Gasteiger partial charge in [-0.25, -0.2) is 4.98 Å². The highest BCUT2D eigenvalue weighted by Crippen LogP contribution is 2.22. The molecule has 0 aliphatic carbocycles. The highest BCUT2D eigenvalue weighted by atomic mass is 32.1. The summed E-state index contributed by atoms with van der Waals surface area (Å²) in [7, 11) is 0. The third-order valence-electron chi connectivity index (χ3n) is 4.32. The smallest absolute Gasteiger partial charge is 0.263 e. The summed E-state index contributed by atoms with van der Waals surface area (Å²) in [6, 6.07) is 3.89. The van der Waals surface area contributed by atoms with Gasteiger partial charge in [-0.15, -0.1) is 0 Å². The molecule has 1 amide bonds. The first-order chi connectivity index (χ1) is 11.7. The molecule has 4 rings (SSSR count). The molecular formula is C17H19N5OS. The highest BCUT2D eigenvalue weighted by Gasteiger charge is 2.18. The molecule has 7 heteroatoms. The fourth-order valence-electron chi connectivity index (χ4n) is 3.05. The summed E-state index contributed by atoms with van der Waals surface area (Å²) in [4.78, 5) is 17.7. The van der Waals surface area contributed by atoms with Gasteiger partial charge >= 0.3 is 0 Å². The van der Waals surface area contributed by atoms with Crippen LogP contribution in [0.1, 0.15) is 39.5 Å². The van der Waals surface area contributed by atoms with Gasteiger partial charge in [0, 0.05) is 36.7 Å². The van der Waals surface area contributed by atoms with Crippen molar-refractivity contribution in [3.05, 3.63) is 52.6 Å². The summed E-state index contributed by atoms with van der Waals surface area (Å²) in [5, 5.41) is 8.25. The first-order valence-electron chi connectivity index (χ1n) is 8.15. The van der Waals surface area contributed by atoms with Gasteiger partial charge in [0.15, 0.2) is 5.13 Å². The van der Waals surface area contributed by atoms with Gasteiger partial charge in [0.2, 0.25) is 0 Å². The maximum atomic E-state index is 12.5. The quantitative estimate of drug-likeness (QED) is 0.793. The number of amides is 1. The number of rotatable bonds is 4. The third-order valence-corrected chi connectivity index (χ3v) is 5.49. The Morgan fingerprint density at radius 3 is 3.00 bits per heavy atom. The average molecular weight is 341 g/mol. The van der Waals surface area contributed by atoms with Crippen LogP contribution in [0.5, 0.6) is 0 Å². The molecule has 24 heavy (non-hydrogen) atoms. The van der Waals surface area contributed by atoms with Gasteiger partial charge in [0.05, 0.1) is 11.9 Å². The molecule has 0 unspecified atom stereocenters. The Labute approximate surface area is 144 Å². The van der Waals surface area contributed by atoms with E-state index in [0.29, 0.717) is 11.4 Å². The summed E-state index contributed by atoms with van der Waals surface area (Å²) >= 11 is 1.41. The summed E-state index contributed by atoms with van der Waals surface area (Å²) < 4.78 is 3.98. The van der Waals surface area contributed by atoms with Gasteiger partial charge in [-0.1, -0.05) is 11.3 Å². The molecule has 0 radical (unpaired) electrons. The fraction of sp³-hybridized carbons (Fsp3) is 0.353. The first kappa shape index (κ1) is 15.1. The Balaban J connectivity index is 1.48. The summed E-state index contributed by atoms with van der Waals surface area (Å²) in [6.07, 6.45) is 9.16. The molecule has 3 aromatic heterocycles. The average Bonchev–Trinajstić information content (AvgIpc) is 3.32. The van der Waals surface area contributed by atoms with Crippen molar-refractivity contribution < 1.29 is 4.79 Å². The van der Waals surface area contributed by atoms with Crippen LogP contribution in [-0.2, 0) is 19.5 Å². The number of nitrogens with zero attached hydrogens (tertiary/aromatic N) is 4. The fourth-order valence-corrected chi connectivity index (χ4v) is 4.00. The molecular weight excluding hydrogens is 322 g/mol. The first-order valence-corrected chi connectivity index (χ1v) is 8.96. The van der Waals surface area contributed by atoms with Crippen LogP contribution in [-0.4, -0.2) is 25.2 Å². The molecule has 4 heterocycles. The minimum Gasteiger partial charge on any atom is -0.347 e. The molecule has 0 atom stereocenters. The van der Waals surface area contributed by atoms with Crippen molar-refractivity contribution in [3.63, 3.8) is 0 Å². The van der Waals surface area contributed by atoms with Crippen LogP contribution in [0.3, 0.4) is 0 Å². The number of aryl methyl sites for hydroxylation is 2. The van der Waals surface area contributed by atoms with Crippen molar-refractivity contribution in [2.75, 3.05) is 0 Å². The van der Waals surface area contributed by atoms with E-state index in [-0.39, 0.29) is 5.91 Å². The van der Waals surface area contributed by atoms with Crippen molar-refractivity contribution in [1.29, 1.82) is 0 Å². The number of aromatic nitrogens is 4. The van der Waals surface area contributed by atoms with Crippen molar-refractivity contribution in [3.8, 4) is 5.13 Å². The summed E-state index contributed by atoms with van der Waals surface area (Å²) in [6.45, 7) is 3.38.